The normalized spacial score (nSPS) is 16.0. The number of nitro groups is 1. The molecule has 8 heteroatoms. The fourth-order valence-corrected chi connectivity index (χ4v) is 3.18. The van der Waals surface area contributed by atoms with Gasteiger partial charge in [-0.25, -0.2) is 4.90 Å². The average molecular weight is 361 g/mol. The Kier molecular flexibility index (Phi) is 4.37. The molecule has 2 aromatic carbocycles. The Morgan fingerprint density at radius 1 is 1.12 bits per heavy atom. The number of nitrogens with zero attached hydrogens (tertiary/aromatic N) is 2. The number of halogens is 1. The minimum atomic E-state index is -0.503. The summed E-state index contributed by atoms with van der Waals surface area (Å²) in [6.07, 6.45) is 1.53. The van der Waals surface area contributed by atoms with Crippen molar-refractivity contribution in [2.24, 2.45) is 0 Å². The van der Waals surface area contributed by atoms with Crippen LogP contribution in [0.15, 0.2) is 53.4 Å². The maximum absolute atomic E-state index is 12.5. The van der Waals surface area contributed by atoms with Crippen LogP contribution < -0.4 is 4.90 Å². The van der Waals surface area contributed by atoms with E-state index in [0.717, 1.165) is 16.7 Å². The van der Waals surface area contributed by atoms with Gasteiger partial charge >= 0.3 is 0 Å². The minimum absolute atomic E-state index is 0.0424. The predicted octanol–water partition coefficient (Wildman–Crippen LogP) is 4.49. The molecule has 0 aliphatic carbocycles. The van der Waals surface area contributed by atoms with Gasteiger partial charge in [0.15, 0.2) is 0 Å². The van der Waals surface area contributed by atoms with Crippen molar-refractivity contribution in [2.45, 2.75) is 0 Å². The first-order valence-corrected chi connectivity index (χ1v) is 7.93. The van der Waals surface area contributed by atoms with Gasteiger partial charge in [-0.1, -0.05) is 17.7 Å². The molecule has 3 rings (SSSR count). The van der Waals surface area contributed by atoms with E-state index < -0.39 is 16.1 Å². The average Bonchev–Trinajstić information content (AvgIpc) is 2.82. The standard InChI is InChI=1S/C16H9ClN2O4S/c17-11-2-1-3-13(9-11)18-15(20)14(24-16(18)21)8-10-4-6-12(7-5-10)19(22)23/h1-9H/b14-8-. The molecule has 0 spiro atoms. The lowest BCUT2D eigenvalue weighted by Gasteiger charge is -2.12. The van der Waals surface area contributed by atoms with Crippen molar-refractivity contribution < 1.29 is 14.5 Å². The number of benzene rings is 2. The third kappa shape index (κ3) is 3.17. The topological polar surface area (TPSA) is 80.5 Å². The van der Waals surface area contributed by atoms with Crippen molar-refractivity contribution in [1.29, 1.82) is 0 Å². The maximum Gasteiger partial charge on any atom is 0.298 e. The summed E-state index contributed by atoms with van der Waals surface area (Å²) < 4.78 is 0. The number of amides is 2. The fourth-order valence-electron chi connectivity index (χ4n) is 2.15. The van der Waals surface area contributed by atoms with Crippen LogP contribution in [-0.2, 0) is 4.79 Å². The Morgan fingerprint density at radius 3 is 2.46 bits per heavy atom. The highest BCUT2D eigenvalue weighted by atomic mass is 35.5. The van der Waals surface area contributed by atoms with E-state index in [9.17, 15) is 19.7 Å². The van der Waals surface area contributed by atoms with Crippen molar-refractivity contribution in [3.8, 4) is 0 Å². The van der Waals surface area contributed by atoms with E-state index in [2.05, 4.69) is 0 Å². The highest BCUT2D eigenvalue weighted by Crippen LogP contribution is 2.36. The monoisotopic (exact) mass is 360 g/mol. The Hall–Kier alpha value is -2.64. The summed E-state index contributed by atoms with van der Waals surface area (Å²) in [6, 6.07) is 12.2. The summed E-state index contributed by atoms with van der Waals surface area (Å²) in [5, 5.41) is 10.7. The maximum atomic E-state index is 12.5. The lowest BCUT2D eigenvalue weighted by atomic mass is 10.2. The zero-order chi connectivity index (χ0) is 17.3. The lowest BCUT2D eigenvalue weighted by molar-refractivity contribution is -0.384. The molecule has 1 saturated heterocycles. The van der Waals surface area contributed by atoms with Gasteiger partial charge in [0.1, 0.15) is 0 Å². The smallest absolute Gasteiger partial charge is 0.268 e. The van der Waals surface area contributed by atoms with Gasteiger partial charge in [0.05, 0.1) is 15.5 Å². The van der Waals surface area contributed by atoms with E-state index in [-0.39, 0.29) is 10.6 Å². The highest BCUT2D eigenvalue weighted by Gasteiger charge is 2.36. The number of nitro benzene ring substituents is 1. The number of carbonyl (C=O) groups is 2. The van der Waals surface area contributed by atoms with Crippen LogP contribution in [0.4, 0.5) is 16.2 Å². The zero-order valence-corrected chi connectivity index (χ0v) is 13.6. The van der Waals surface area contributed by atoms with Gasteiger partial charge in [-0.05, 0) is 53.7 Å². The van der Waals surface area contributed by atoms with Crippen molar-refractivity contribution in [3.05, 3.63) is 74.1 Å². The summed E-state index contributed by atoms with van der Waals surface area (Å²) in [4.78, 5) is 36.0. The van der Waals surface area contributed by atoms with Crippen molar-refractivity contribution in [3.63, 3.8) is 0 Å². The molecular weight excluding hydrogens is 352 g/mol. The number of hydrogen-bond acceptors (Lipinski definition) is 5. The van der Waals surface area contributed by atoms with Gasteiger partial charge in [0, 0.05) is 17.2 Å². The van der Waals surface area contributed by atoms with Crippen molar-refractivity contribution in [1.82, 2.24) is 0 Å². The summed E-state index contributed by atoms with van der Waals surface area (Å²) in [5.41, 5.74) is 0.952. The Balaban J connectivity index is 1.89. The summed E-state index contributed by atoms with van der Waals surface area (Å²) in [7, 11) is 0. The van der Waals surface area contributed by atoms with Gasteiger partial charge in [-0.3, -0.25) is 19.7 Å². The third-order valence-electron chi connectivity index (χ3n) is 3.26. The summed E-state index contributed by atoms with van der Waals surface area (Å²) in [6.45, 7) is 0. The van der Waals surface area contributed by atoms with Gasteiger partial charge in [0.25, 0.3) is 16.8 Å². The molecule has 2 amide bonds. The number of carbonyl (C=O) groups excluding carboxylic acids is 2. The molecule has 6 nitrogen and oxygen atoms in total. The molecule has 1 fully saturated rings. The minimum Gasteiger partial charge on any atom is -0.268 e. The van der Waals surface area contributed by atoms with E-state index in [1.807, 2.05) is 0 Å². The van der Waals surface area contributed by atoms with Gasteiger partial charge in [-0.2, -0.15) is 0 Å². The first-order valence-electron chi connectivity index (χ1n) is 6.74. The molecule has 1 heterocycles. The van der Waals surface area contributed by atoms with Crippen LogP contribution in [0.2, 0.25) is 5.02 Å². The van der Waals surface area contributed by atoms with E-state index in [0.29, 0.717) is 16.3 Å². The van der Waals surface area contributed by atoms with Crippen LogP contribution in [0.25, 0.3) is 6.08 Å². The largest absolute Gasteiger partial charge is 0.298 e. The van der Waals surface area contributed by atoms with Crippen molar-refractivity contribution >= 4 is 52.0 Å². The highest BCUT2D eigenvalue weighted by molar-refractivity contribution is 8.19. The number of rotatable bonds is 3. The summed E-state index contributed by atoms with van der Waals surface area (Å²) in [5.74, 6) is -0.453. The second-order valence-corrected chi connectivity index (χ2v) is 6.28. The predicted molar refractivity (Wildman–Crippen MR) is 93.0 cm³/mol. The molecule has 0 saturated carbocycles. The molecule has 0 unspecified atom stereocenters. The third-order valence-corrected chi connectivity index (χ3v) is 4.37. The number of imide groups is 1. The Labute approximate surface area is 145 Å². The first-order chi connectivity index (χ1) is 11.5. The molecule has 0 atom stereocenters. The number of hydrogen-bond donors (Lipinski definition) is 0. The van der Waals surface area contributed by atoms with E-state index in [4.69, 9.17) is 11.6 Å². The molecule has 2 aromatic rings. The van der Waals surface area contributed by atoms with Gasteiger partial charge < -0.3 is 0 Å². The molecule has 120 valence electrons. The Morgan fingerprint density at radius 2 is 1.83 bits per heavy atom. The van der Waals surface area contributed by atoms with E-state index in [1.54, 1.807) is 18.2 Å². The molecule has 0 radical (unpaired) electrons. The molecule has 24 heavy (non-hydrogen) atoms. The number of non-ortho nitro benzene ring substituents is 1. The zero-order valence-electron chi connectivity index (χ0n) is 12.0. The van der Waals surface area contributed by atoms with Crippen LogP contribution in [-0.4, -0.2) is 16.1 Å². The van der Waals surface area contributed by atoms with Crippen LogP contribution in [0, 0.1) is 10.1 Å². The van der Waals surface area contributed by atoms with Crippen LogP contribution in [0.3, 0.4) is 0 Å². The number of thioether (sulfide) groups is 1. The lowest BCUT2D eigenvalue weighted by Crippen LogP contribution is -2.27. The fraction of sp³-hybridized carbons (Fsp3) is 0. The molecule has 0 bridgehead atoms. The molecule has 0 N–H and O–H groups in total. The van der Waals surface area contributed by atoms with Crippen molar-refractivity contribution in [2.75, 3.05) is 4.90 Å². The first kappa shape index (κ1) is 16.2. The van der Waals surface area contributed by atoms with E-state index >= 15 is 0 Å². The van der Waals surface area contributed by atoms with Crippen LogP contribution >= 0.6 is 23.4 Å². The second-order valence-electron chi connectivity index (χ2n) is 4.85. The number of anilines is 1. The second kappa shape index (κ2) is 6.46. The molecule has 1 aliphatic rings. The molecular formula is C16H9ClN2O4S. The Bertz CT molecular complexity index is 880. The quantitative estimate of drug-likeness (QED) is 0.457. The van der Waals surface area contributed by atoms with E-state index in [1.165, 1.54) is 36.4 Å². The molecule has 1 aliphatic heterocycles. The summed E-state index contributed by atoms with van der Waals surface area (Å²) >= 11 is 6.71. The van der Waals surface area contributed by atoms with Crippen LogP contribution in [0.5, 0.6) is 0 Å². The van der Waals surface area contributed by atoms with Gasteiger partial charge in [0.2, 0.25) is 0 Å². The van der Waals surface area contributed by atoms with Gasteiger partial charge in [-0.15, -0.1) is 0 Å². The SMILES string of the molecule is O=C1S/C(=C\c2ccc([N+](=O)[O-])cc2)C(=O)N1c1cccc(Cl)c1. The van der Waals surface area contributed by atoms with Crippen LogP contribution in [0.1, 0.15) is 5.56 Å². The molecule has 0 aromatic heterocycles.